The van der Waals surface area contributed by atoms with Crippen molar-refractivity contribution in [2.75, 3.05) is 0 Å². The Morgan fingerprint density at radius 2 is 2.11 bits per heavy atom. The molecule has 0 aliphatic heterocycles. The van der Waals surface area contributed by atoms with E-state index in [9.17, 15) is 0 Å². The predicted octanol–water partition coefficient (Wildman–Crippen LogP) is 2.71. The summed E-state index contributed by atoms with van der Waals surface area (Å²) in [5, 5.41) is 15.4. The Hall–Kier alpha value is -2.17. The number of nitrogens with one attached hydrogen (secondary N) is 1. The largest absolute Gasteiger partial charge is 0.345 e. The minimum absolute atomic E-state index is 0.432. The Bertz CT molecular complexity index is 679. The van der Waals surface area contributed by atoms with Crippen molar-refractivity contribution < 1.29 is 0 Å². The van der Waals surface area contributed by atoms with E-state index in [-0.39, 0.29) is 0 Å². The first kappa shape index (κ1) is 11.0. The average molecular weight is 241 g/mol. The van der Waals surface area contributed by atoms with Crippen LogP contribution in [0.25, 0.3) is 22.3 Å². The van der Waals surface area contributed by atoms with Crippen molar-refractivity contribution in [3.63, 3.8) is 0 Å². The molecular formula is C13H15N5. The van der Waals surface area contributed by atoms with Gasteiger partial charge in [-0.15, -0.1) is 10.2 Å². The van der Waals surface area contributed by atoms with Crippen molar-refractivity contribution in [3.8, 4) is 11.4 Å². The Morgan fingerprint density at radius 3 is 2.78 bits per heavy atom. The van der Waals surface area contributed by atoms with Gasteiger partial charge >= 0.3 is 0 Å². The zero-order chi connectivity index (χ0) is 12.7. The maximum Gasteiger partial charge on any atom is 0.204 e. The Kier molecular flexibility index (Phi) is 2.40. The van der Waals surface area contributed by atoms with Crippen LogP contribution >= 0.6 is 0 Å². The van der Waals surface area contributed by atoms with E-state index in [1.165, 1.54) is 16.5 Å². The van der Waals surface area contributed by atoms with Crippen LogP contribution < -0.4 is 0 Å². The van der Waals surface area contributed by atoms with E-state index in [4.69, 9.17) is 0 Å². The van der Waals surface area contributed by atoms with Crippen molar-refractivity contribution >= 4 is 10.9 Å². The summed E-state index contributed by atoms with van der Waals surface area (Å²) in [7, 11) is 0. The lowest BCUT2D eigenvalue weighted by Crippen LogP contribution is -1.98. The number of hydrogen-bond donors (Lipinski definition) is 1. The molecular weight excluding hydrogens is 226 g/mol. The molecule has 5 heteroatoms. The molecule has 0 bridgehead atoms. The second-order valence-corrected chi connectivity index (χ2v) is 4.78. The van der Waals surface area contributed by atoms with E-state index in [0.717, 1.165) is 5.56 Å². The fourth-order valence-electron chi connectivity index (χ4n) is 2.28. The number of benzene rings is 1. The number of H-pyrrole nitrogens is 1. The number of nitrogens with zero attached hydrogens (tertiary/aromatic N) is 4. The predicted molar refractivity (Wildman–Crippen MR) is 70.2 cm³/mol. The fraction of sp³-hybridized carbons (Fsp3) is 0.308. The van der Waals surface area contributed by atoms with Crippen molar-refractivity contribution in [2.45, 2.75) is 26.8 Å². The molecule has 0 aliphatic carbocycles. The third kappa shape index (κ3) is 1.59. The number of rotatable bonds is 2. The molecule has 0 amide bonds. The first-order chi connectivity index (χ1) is 8.66. The second-order valence-electron chi connectivity index (χ2n) is 4.78. The number of tetrazole rings is 1. The monoisotopic (exact) mass is 241 g/mol. The van der Waals surface area contributed by atoms with Crippen molar-refractivity contribution in [1.29, 1.82) is 0 Å². The van der Waals surface area contributed by atoms with Crippen LogP contribution in [0.1, 0.15) is 25.5 Å². The number of aromatic nitrogens is 5. The maximum atomic E-state index is 4.02. The topological polar surface area (TPSA) is 59.4 Å². The maximum absolute atomic E-state index is 4.02. The van der Waals surface area contributed by atoms with Gasteiger partial charge in [0.15, 0.2) is 0 Å². The molecule has 0 unspecified atom stereocenters. The average Bonchev–Trinajstić information content (AvgIpc) is 2.97. The summed E-state index contributed by atoms with van der Waals surface area (Å²) < 4.78 is 2.27. The molecule has 2 heterocycles. The van der Waals surface area contributed by atoms with Crippen LogP contribution in [-0.4, -0.2) is 25.2 Å². The van der Waals surface area contributed by atoms with Gasteiger partial charge in [0.2, 0.25) is 5.82 Å². The van der Waals surface area contributed by atoms with Crippen molar-refractivity contribution in [2.24, 2.45) is 0 Å². The summed E-state index contributed by atoms with van der Waals surface area (Å²) in [6.45, 7) is 6.50. The van der Waals surface area contributed by atoms with Crippen LogP contribution in [0.15, 0.2) is 24.4 Å². The highest BCUT2D eigenvalue weighted by Gasteiger charge is 2.10. The van der Waals surface area contributed by atoms with Gasteiger partial charge in [0.05, 0.1) is 0 Å². The van der Waals surface area contributed by atoms with Gasteiger partial charge in [0, 0.05) is 28.7 Å². The Labute approximate surface area is 105 Å². The number of fused-ring (bicyclic) bond motifs is 1. The zero-order valence-corrected chi connectivity index (χ0v) is 10.7. The lowest BCUT2D eigenvalue weighted by molar-refractivity contribution is 0.622. The molecule has 18 heavy (non-hydrogen) atoms. The van der Waals surface area contributed by atoms with Crippen LogP contribution in [-0.2, 0) is 0 Å². The van der Waals surface area contributed by atoms with Gasteiger partial charge in [-0.25, -0.2) is 0 Å². The van der Waals surface area contributed by atoms with E-state index in [0.29, 0.717) is 11.9 Å². The summed E-state index contributed by atoms with van der Waals surface area (Å²) in [4.78, 5) is 0. The van der Waals surface area contributed by atoms with Gasteiger partial charge in [0.25, 0.3) is 0 Å². The van der Waals surface area contributed by atoms with Gasteiger partial charge in [0.1, 0.15) is 0 Å². The molecule has 3 aromatic rings. The molecule has 2 aromatic heterocycles. The second kappa shape index (κ2) is 3.94. The molecule has 0 atom stereocenters. The quantitative estimate of drug-likeness (QED) is 0.750. The molecule has 1 aromatic carbocycles. The third-order valence-corrected chi connectivity index (χ3v) is 3.19. The minimum atomic E-state index is 0.432. The molecule has 0 aliphatic rings. The van der Waals surface area contributed by atoms with Crippen LogP contribution in [0, 0.1) is 6.92 Å². The van der Waals surface area contributed by atoms with Crippen molar-refractivity contribution in [3.05, 3.63) is 30.0 Å². The minimum Gasteiger partial charge on any atom is -0.345 e. The summed E-state index contributed by atoms with van der Waals surface area (Å²) in [5.74, 6) is 0.631. The zero-order valence-electron chi connectivity index (χ0n) is 10.7. The van der Waals surface area contributed by atoms with Gasteiger partial charge in [-0.05, 0) is 37.6 Å². The molecule has 92 valence electrons. The van der Waals surface area contributed by atoms with Gasteiger partial charge in [-0.1, -0.05) is 12.1 Å². The van der Waals surface area contributed by atoms with Gasteiger partial charge < -0.3 is 4.57 Å². The van der Waals surface area contributed by atoms with Crippen molar-refractivity contribution in [1.82, 2.24) is 25.2 Å². The lowest BCUT2D eigenvalue weighted by Gasteiger charge is -2.09. The molecule has 5 nitrogen and oxygen atoms in total. The molecule has 0 saturated heterocycles. The highest BCUT2D eigenvalue weighted by atomic mass is 15.5. The summed E-state index contributed by atoms with van der Waals surface area (Å²) in [6, 6.07) is 6.70. The van der Waals surface area contributed by atoms with E-state index in [1.54, 1.807) is 0 Å². The smallest absolute Gasteiger partial charge is 0.204 e. The van der Waals surface area contributed by atoms with Crippen LogP contribution in [0.4, 0.5) is 0 Å². The third-order valence-electron chi connectivity index (χ3n) is 3.19. The molecule has 0 saturated carbocycles. The summed E-state index contributed by atoms with van der Waals surface area (Å²) in [5.41, 5.74) is 3.49. The van der Waals surface area contributed by atoms with E-state index in [1.807, 2.05) is 6.07 Å². The standard InChI is InChI=1S/C13H15N5/c1-8(2)18-7-9(3)11-5-4-10(6-12(11)18)13-14-16-17-15-13/h4-8H,1-3H3,(H,14,15,16,17). The number of aryl methyl sites for hydroxylation is 1. The normalized spacial score (nSPS) is 11.6. The molecule has 3 rings (SSSR count). The number of aromatic amines is 1. The lowest BCUT2D eigenvalue weighted by atomic mass is 10.1. The number of hydrogen-bond acceptors (Lipinski definition) is 3. The first-order valence-corrected chi connectivity index (χ1v) is 6.02. The van der Waals surface area contributed by atoms with Crippen LogP contribution in [0.5, 0.6) is 0 Å². The van der Waals surface area contributed by atoms with Crippen LogP contribution in [0.3, 0.4) is 0 Å². The molecule has 0 spiro atoms. The van der Waals surface area contributed by atoms with E-state index < -0.39 is 0 Å². The molecule has 0 fully saturated rings. The fourth-order valence-corrected chi connectivity index (χ4v) is 2.28. The van der Waals surface area contributed by atoms with Gasteiger partial charge in [-0.3, -0.25) is 0 Å². The SMILES string of the molecule is Cc1cn(C(C)C)c2cc(-c3nn[nH]n3)ccc12. The highest BCUT2D eigenvalue weighted by molar-refractivity contribution is 5.87. The Balaban J connectivity index is 2.25. The van der Waals surface area contributed by atoms with Crippen LogP contribution in [0.2, 0.25) is 0 Å². The summed E-state index contributed by atoms with van der Waals surface area (Å²) in [6.07, 6.45) is 2.19. The van der Waals surface area contributed by atoms with E-state index in [2.05, 4.69) is 64.3 Å². The summed E-state index contributed by atoms with van der Waals surface area (Å²) >= 11 is 0. The molecule has 1 N–H and O–H groups in total. The Morgan fingerprint density at radius 1 is 1.28 bits per heavy atom. The van der Waals surface area contributed by atoms with E-state index >= 15 is 0 Å². The first-order valence-electron chi connectivity index (χ1n) is 6.02. The molecule has 0 radical (unpaired) electrons. The highest BCUT2D eigenvalue weighted by Crippen LogP contribution is 2.27. The van der Waals surface area contributed by atoms with Gasteiger partial charge in [-0.2, -0.15) is 5.21 Å².